The van der Waals surface area contributed by atoms with Crippen molar-refractivity contribution >= 4 is 5.91 Å². The van der Waals surface area contributed by atoms with Gasteiger partial charge in [0.2, 0.25) is 5.91 Å². The summed E-state index contributed by atoms with van der Waals surface area (Å²) in [5.74, 6) is 0.963. The normalized spacial score (nSPS) is 16.7. The Bertz CT molecular complexity index is 392. The number of benzene rings is 1. The summed E-state index contributed by atoms with van der Waals surface area (Å²) < 4.78 is 5.11. The topological polar surface area (TPSA) is 38.3 Å². The van der Waals surface area contributed by atoms with Crippen LogP contribution in [0.4, 0.5) is 0 Å². The van der Waals surface area contributed by atoms with E-state index in [9.17, 15) is 4.79 Å². The first-order valence-corrected chi connectivity index (χ1v) is 7.20. The van der Waals surface area contributed by atoms with Crippen LogP contribution in [0.15, 0.2) is 24.3 Å². The van der Waals surface area contributed by atoms with Gasteiger partial charge in [0.15, 0.2) is 0 Å². The zero-order valence-electron chi connectivity index (χ0n) is 11.7. The molecule has 1 fully saturated rings. The van der Waals surface area contributed by atoms with Gasteiger partial charge in [0, 0.05) is 6.04 Å². The molecule has 1 aliphatic carbocycles. The second-order valence-electron chi connectivity index (χ2n) is 5.28. The van der Waals surface area contributed by atoms with Crippen LogP contribution < -0.4 is 10.1 Å². The molecule has 2 rings (SSSR count). The molecule has 1 aromatic carbocycles. The van der Waals surface area contributed by atoms with E-state index in [-0.39, 0.29) is 5.91 Å². The number of ether oxygens (including phenoxy) is 1. The number of hydrogen-bond acceptors (Lipinski definition) is 2. The van der Waals surface area contributed by atoms with E-state index in [2.05, 4.69) is 5.32 Å². The van der Waals surface area contributed by atoms with Crippen molar-refractivity contribution in [2.45, 2.75) is 51.0 Å². The van der Waals surface area contributed by atoms with Gasteiger partial charge in [0.1, 0.15) is 5.75 Å². The molecule has 19 heavy (non-hydrogen) atoms. The summed E-state index contributed by atoms with van der Waals surface area (Å²) in [4.78, 5) is 12.0. The first-order valence-electron chi connectivity index (χ1n) is 7.20. The number of carbonyl (C=O) groups excluding carboxylic acids is 1. The predicted octanol–water partition coefficient (Wildman–Crippen LogP) is 3.08. The molecule has 1 saturated carbocycles. The SMILES string of the molecule is COc1ccc(CC(=O)NC2CCCCCC2)cc1. The van der Waals surface area contributed by atoms with Gasteiger partial charge in [-0.25, -0.2) is 0 Å². The predicted molar refractivity (Wildman–Crippen MR) is 76.3 cm³/mol. The van der Waals surface area contributed by atoms with Gasteiger partial charge in [0.25, 0.3) is 0 Å². The number of amides is 1. The van der Waals surface area contributed by atoms with Gasteiger partial charge in [-0.05, 0) is 30.5 Å². The van der Waals surface area contributed by atoms with Gasteiger partial charge in [-0.3, -0.25) is 4.79 Å². The molecule has 0 heterocycles. The third-order valence-corrected chi connectivity index (χ3v) is 3.74. The van der Waals surface area contributed by atoms with E-state index in [1.165, 1.54) is 25.7 Å². The molecule has 0 aromatic heterocycles. The summed E-state index contributed by atoms with van der Waals surface area (Å²) >= 11 is 0. The molecule has 1 N–H and O–H groups in total. The maximum absolute atomic E-state index is 12.0. The third kappa shape index (κ3) is 4.58. The largest absolute Gasteiger partial charge is 0.497 e. The van der Waals surface area contributed by atoms with Crippen molar-refractivity contribution in [1.82, 2.24) is 5.32 Å². The number of methoxy groups -OCH3 is 1. The molecule has 0 unspecified atom stereocenters. The summed E-state index contributed by atoms with van der Waals surface area (Å²) in [6.45, 7) is 0. The number of carbonyl (C=O) groups is 1. The van der Waals surface area contributed by atoms with Crippen LogP contribution >= 0.6 is 0 Å². The van der Waals surface area contributed by atoms with Crippen LogP contribution in [0, 0.1) is 0 Å². The molecule has 0 spiro atoms. The van der Waals surface area contributed by atoms with Crippen LogP contribution in [-0.2, 0) is 11.2 Å². The Kier molecular flexibility index (Phi) is 5.25. The Hall–Kier alpha value is -1.51. The Labute approximate surface area is 115 Å². The molecule has 3 nitrogen and oxygen atoms in total. The molecule has 104 valence electrons. The summed E-state index contributed by atoms with van der Waals surface area (Å²) in [5, 5.41) is 3.17. The average molecular weight is 261 g/mol. The highest BCUT2D eigenvalue weighted by Crippen LogP contribution is 2.17. The highest BCUT2D eigenvalue weighted by atomic mass is 16.5. The first-order chi connectivity index (χ1) is 9.28. The quantitative estimate of drug-likeness (QED) is 0.846. The molecule has 1 amide bonds. The van der Waals surface area contributed by atoms with Crippen LogP contribution in [0.2, 0.25) is 0 Å². The van der Waals surface area contributed by atoms with Crippen molar-refractivity contribution in [3.05, 3.63) is 29.8 Å². The molecule has 0 bridgehead atoms. The van der Waals surface area contributed by atoms with E-state index in [0.717, 1.165) is 24.2 Å². The van der Waals surface area contributed by atoms with Gasteiger partial charge in [-0.1, -0.05) is 37.8 Å². The maximum atomic E-state index is 12.0. The molecular weight excluding hydrogens is 238 g/mol. The fraction of sp³-hybridized carbons (Fsp3) is 0.562. The van der Waals surface area contributed by atoms with Crippen molar-refractivity contribution in [2.24, 2.45) is 0 Å². The molecular formula is C16H23NO2. The molecule has 0 saturated heterocycles. The first kappa shape index (κ1) is 13.9. The van der Waals surface area contributed by atoms with Crippen molar-refractivity contribution < 1.29 is 9.53 Å². The fourth-order valence-electron chi connectivity index (χ4n) is 2.63. The Morgan fingerprint density at radius 2 is 1.79 bits per heavy atom. The van der Waals surface area contributed by atoms with Gasteiger partial charge >= 0.3 is 0 Å². The Balaban J connectivity index is 1.82. The fourth-order valence-corrected chi connectivity index (χ4v) is 2.63. The van der Waals surface area contributed by atoms with Crippen molar-refractivity contribution in [3.8, 4) is 5.75 Å². The van der Waals surface area contributed by atoms with Crippen molar-refractivity contribution in [3.63, 3.8) is 0 Å². The zero-order valence-corrected chi connectivity index (χ0v) is 11.7. The Morgan fingerprint density at radius 1 is 1.16 bits per heavy atom. The molecule has 0 radical (unpaired) electrons. The highest BCUT2D eigenvalue weighted by molar-refractivity contribution is 5.78. The lowest BCUT2D eigenvalue weighted by molar-refractivity contribution is -0.121. The van der Waals surface area contributed by atoms with E-state index in [1.807, 2.05) is 24.3 Å². The second-order valence-corrected chi connectivity index (χ2v) is 5.28. The van der Waals surface area contributed by atoms with Crippen LogP contribution in [-0.4, -0.2) is 19.1 Å². The van der Waals surface area contributed by atoms with E-state index in [1.54, 1.807) is 7.11 Å². The van der Waals surface area contributed by atoms with E-state index >= 15 is 0 Å². The van der Waals surface area contributed by atoms with Gasteiger partial charge in [0.05, 0.1) is 13.5 Å². The summed E-state index contributed by atoms with van der Waals surface area (Å²) in [5.41, 5.74) is 1.03. The standard InChI is InChI=1S/C16H23NO2/c1-19-15-10-8-13(9-11-15)12-16(18)17-14-6-4-2-3-5-7-14/h8-11,14H,2-7,12H2,1H3,(H,17,18). The van der Waals surface area contributed by atoms with Crippen molar-refractivity contribution in [2.75, 3.05) is 7.11 Å². The molecule has 3 heteroatoms. The van der Waals surface area contributed by atoms with Crippen LogP contribution in [0.25, 0.3) is 0 Å². The summed E-state index contributed by atoms with van der Waals surface area (Å²) in [7, 11) is 1.65. The molecule has 0 atom stereocenters. The lowest BCUT2D eigenvalue weighted by Gasteiger charge is -2.16. The number of nitrogens with one attached hydrogen (secondary N) is 1. The zero-order chi connectivity index (χ0) is 13.5. The monoisotopic (exact) mass is 261 g/mol. The minimum absolute atomic E-state index is 0.136. The molecule has 0 aliphatic heterocycles. The number of hydrogen-bond donors (Lipinski definition) is 1. The van der Waals surface area contributed by atoms with Gasteiger partial charge in [-0.15, -0.1) is 0 Å². The minimum atomic E-state index is 0.136. The summed E-state index contributed by atoms with van der Waals surface area (Å²) in [6, 6.07) is 8.08. The second kappa shape index (κ2) is 7.17. The minimum Gasteiger partial charge on any atom is -0.497 e. The molecule has 1 aromatic rings. The Morgan fingerprint density at radius 3 is 2.37 bits per heavy atom. The van der Waals surface area contributed by atoms with Crippen LogP contribution in [0.1, 0.15) is 44.1 Å². The van der Waals surface area contributed by atoms with E-state index < -0.39 is 0 Å². The van der Waals surface area contributed by atoms with E-state index in [4.69, 9.17) is 4.74 Å². The van der Waals surface area contributed by atoms with Crippen LogP contribution in [0.3, 0.4) is 0 Å². The van der Waals surface area contributed by atoms with E-state index in [0.29, 0.717) is 12.5 Å². The van der Waals surface area contributed by atoms with Gasteiger partial charge in [-0.2, -0.15) is 0 Å². The van der Waals surface area contributed by atoms with Crippen LogP contribution in [0.5, 0.6) is 5.75 Å². The molecule has 1 aliphatic rings. The lowest BCUT2D eigenvalue weighted by Crippen LogP contribution is -2.35. The third-order valence-electron chi connectivity index (χ3n) is 3.74. The highest BCUT2D eigenvalue weighted by Gasteiger charge is 2.14. The number of rotatable bonds is 4. The maximum Gasteiger partial charge on any atom is 0.224 e. The average Bonchev–Trinajstić information content (AvgIpc) is 2.68. The van der Waals surface area contributed by atoms with Crippen molar-refractivity contribution in [1.29, 1.82) is 0 Å². The summed E-state index contributed by atoms with van der Waals surface area (Å²) in [6.07, 6.45) is 7.83. The lowest BCUT2D eigenvalue weighted by atomic mass is 10.1. The smallest absolute Gasteiger partial charge is 0.224 e. The van der Waals surface area contributed by atoms with Gasteiger partial charge < -0.3 is 10.1 Å².